The third-order valence-electron chi connectivity index (χ3n) is 3.53. The van der Waals surface area contributed by atoms with Crippen molar-refractivity contribution < 1.29 is 14.7 Å². The number of aliphatic carboxylic acids is 1. The maximum absolute atomic E-state index is 12.2. The average molecular weight is 326 g/mol. The van der Waals surface area contributed by atoms with Crippen LogP contribution in [-0.4, -0.2) is 17.0 Å². The zero-order chi connectivity index (χ0) is 13.8. The molecule has 1 amide bonds. The Morgan fingerprint density at radius 3 is 2.26 bits per heavy atom. The number of carbonyl (C=O) groups is 2. The van der Waals surface area contributed by atoms with Crippen molar-refractivity contribution in [1.29, 1.82) is 0 Å². The highest BCUT2D eigenvalue weighted by Gasteiger charge is 2.35. The fourth-order valence-electron chi connectivity index (χ4n) is 2.51. The van der Waals surface area contributed by atoms with E-state index in [-0.39, 0.29) is 5.91 Å². The minimum atomic E-state index is -0.865. The number of amides is 1. The molecule has 1 saturated carbocycles. The summed E-state index contributed by atoms with van der Waals surface area (Å²) in [4.78, 5) is 23.4. The van der Waals surface area contributed by atoms with Crippen LogP contribution in [0.1, 0.15) is 25.7 Å². The average Bonchev–Trinajstić information content (AvgIpc) is 2.41. The van der Waals surface area contributed by atoms with Crippen LogP contribution >= 0.6 is 15.9 Å². The zero-order valence-corrected chi connectivity index (χ0v) is 12.0. The van der Waals surface area contributed by atoms with Crippen molar-refractivity contribution in [2.24, 2.45) is 11.8 Å². The molecule has 0 saturated heterocycles. The lowest BCUT2D eigenvalue weighted by molar-refractivity contribution is -0.147. The number of halogens is 1. The third-order valence-corrected chi connectivity index (χ3v) is 4.06. The summed E-state index contributed by atoms with van der Waals surface area (Å²) >= 11 is 3.33. The maximum atomic E-state index is 12.2. The Balaban J connectivity index is 2.05. The monoisotopic (exact) mass is 325 g/mol. The van der Waals surface area contributed by atoms with Crippen molar-refractivity contribution >= 4 is 33.5 Å². The summed E-state index contributed by atoms with van der Waals surface area (Å²) in [6, 6.07) is 7.26. The van der Waals surface area contributed by atoms with Crippen molar-refractivity contribution in [2.75, 3.05) is 5.32 Å². The molecule has 1 aromatic rings. The van der Waals surface area contributed by atoms with Gasteiger partial charge in [-0.2, -0.15) is 0 Å². The molecule has 1 aromatic carbocycles. The second kappa shape index (κ2) is 6.19. The second-order valence-electron chi connectivity index (χ2n) is 4.83. The molecule has 0 spiro atoms. The number of hydrogen-bond acceptors (Lipinski definition) is 2. The molecule has 2 N–H and O–H groups in total. The molecule has 0 aliphatic heterocycles. The van der Waals surface area contributed by atoms with E-state index in [1.165, 1.54) is 0 Å². The number of nitrogens with one attached hydrogen (secondary N) is 1. The van der Waals surface area contributed by atoms with E-state index >= 15 is 0 Å². The lowest BCUT2D eigenvalue weighted by Crippen LogP contribution is -2.36. The van der Waals surface area contributed by atoms with Gasteiger partial charge in [0, 0.05) is 10.2 Å². The first-order valence-electron chi connectivity index (χ1n) is 6.37. The second-order valence-corrected chi connectivity index (χ2v) is 5.75. The summed E-state index contributed by atoms with van der Waals surface area (Å²) in [5, 5.41) is 12.0. The smallest absolute Gasteiger partial charge is 0.307 e. The molecule has 0 unspecified atom stereocenters. The minimum absolute atomic E-state index is 0.186. The van der Waals surface area contributed by atoms with Gasteiger partial charge in [-0.25, -0.2) is 0 Å². The number of anilines is 1. The van der Waals surface area contributed by atoms with Gasteiger partial charge in [0.15, 0.2) is 0 Å². The van der Waals surface area contributed by atoms with Crippen molar-refractivity contribution in [2.45, 2.75) is 25.7 Å². The van der Waals surface area contributed by atoms with E-state index in [0.29, 0.717) is 18.5 Å². The van der Waals surface area contributed by atoms with Gasteiger partial charge < -0.3 is 10.4 Å². The topological polar surface area (TPSA) is 66.4 Å². The highest BCUT2D eigenvalue weighted by Crippen LogP contribution is 2.31. The van der Waals surface area contributed by atoms with Gasteiger partial charge in [0.1, 0.15) is 0 Å². The van der Waals surface area contributed by atoms with Gasteiger partial charge in [-0.15, -0.1) is 0 Å². The van der Waals surface area contributed by atoms with Gasteiger partial charge in [0.2, 0.25) is 5.91 Å². The van der Waals surface area contributed by atoms with E-state index in [1.54, 1.807) is 12.1 Å². The van der Waals surface area contributed by atoms with E-state index in [9.17, 15) is 14.7 Å². The highest BCUT2D eigenvalue weighted by molar-refractivity contribution is 9.10. The maximum Gasteiger partial charge on any atom is 0.307 e. The first-order valence-corrected chi connectivity index (χ1v) is 7.16. The van der Waals surface area contributed by atoms with Crippen LogP contribution in [0.2, 0.25) is 0 Å². The van der Waals surface area contributed by atoms with Gasteiger partial charge in [-0.1, -0.05) is 28.8 Å². The summed E-state index contributed by atoms with van der Waals surface area (Å²) < 4.78 is 0.937. The Morgan fingerprint density at radius 1 is 1.11 bits per heavy atom. The molecule has 0 radical (unpaired) electrons. The molecular formula is C14H16BrNO3. The standard InChI is InChI=1S/C14H16BrNO3/c15-9-5-7-10(8-6-9)16-13(17)11-3-1-2-4-12(11)14(18)19/h5-8,11-12H,1-4H2,(H,16,17)(H,18,19)/t11-,12-/m0/s1. The summed E-state index contributed by atoms with van der Waals surface area (Å²) in [5.41, 5.74) is 0.697. The lowest BCUT2D eigenvalue weighted by Gasteiger charge is -2.27. The molecule has 1 aliphatic carbocycles. The molecule has 2 rings (SSSR count). The first kappa shape index (κ1) is 14.1. The van der Waals surface area contributed by atoms with E-state index in [0.717, 1.165) is 17.3 Å². The number of rotatable bonds is 3. The number of benzene rings is 1. The number of hydrogen-bond donors (Lipinski definition) is 2. The van der Waals surface area contributed by atoms with Gasteiger partial charge in [0.25, 0.3) is 0 Å². The van der Waals surface area contributed by atoms with E-state index < -0.39 is 17.8 Å². The van der Waals surface area contributed by atoms with Crippen LogP contribution < -0.4 is 5.32 Å². The molecule has 19 heavy (non-hydrogen) atoms. The van der Waals surface area contributed by atoms with Crippen molar-refractivity contribution in [3.05, 3.63) is 28.7 Å². The fourth-order valence-corrected chi connectivity index (χ4v) is 2.77. The summed E-state index contributed by atoms with van der Waals surface area (Å²) in [5.74, 6) is -2.02. The van der Waals surface area contributed by atoms with E-state index in [2.05, 4.69) is 21.2 Å². The van der Waals surface area contributed by atoms with Crippen LogP contribution in [0.15, 0.2) is 28.7 Å². The van der Waals surface area contributed by atoms with E-state index in [1.807, 2.05) is 12.1 Å². The highest BCUT2D eigenvalue weighted by atomic mass is 79.9. The molecule has 0 heterocycles. The quantitative estimate of drug-likeness (QED) is 0.896. The van der Waals surface area contributed by atoms with Gasteiger partial charge in [-0.3, -0.25) is 9.59 Å². The normalized spacial score (nSPS) is 22.8. The predicted octanol–water partition coefficient (Wildman–Crippen LogP) is 3.28. The van der Waals surface area contributed by atoms with Crippen LogP contribution in [0.4, 0.5) is 5.69 Å². The fraction of sp³-hybridized carbons (Fsp3) is 0.429. The van der Waals surface area contributed by atoms with Crippen LogP contribution in [0.3, 0.4) is 0 Å². The van der Waals surface area contributed by atoms with Gasteiger partial charge in [-0.05, 0) is 37.1 Å². The third kappa shape index (κ3) is 3.56. The Morgan fingerprint density at radius 2 is 1.68 bits per heavy atom. The van der Waals surface area contributed by atoms with Crippen molar-refractivity contribution in [3.63, 3.8) is 0 Å². The summed E-state index contributed by atoms with van der Waals surface area (Å²) in [6.07, 6.45) is 3.05. The van der Waals surface area contributed by atoms with Crippen LogP contribution in [-0.2, 0) is 9.59 Å². The number of carbonyl (C=O) groups excluding carboxylic acids is 1. The van der Waals surface area contributed by atoms with Crippen LogP contribution in [0.5, 0.6) is 0 Å². The van der Waals surface area contributed by atoms with Gasteiger partial charge in [0.05, 0.1) is 11.8 Å². The van der Waals surface area contributed by atoms with Gasteiger partial charge >= 0.3 is 5.97 Å². The number of carboxylic acid groups (broad SMARTS) is 1. The van der Waals surface area contributed by atoms with E-state index in [4.69, 9.17) is 0 Å². The molecule has 0 bridgehead atoms. The SMILES string of the molecule is O=C(O)[C@H]1CCCC[C@@H]1C(=O)Nc1ccc(Br)cc1. The molecule has 1 fully saturated rings. The van der Waals surface area contributed by atoms with Crippen molar-refractivity contribution in [3.8, 4) is 0 Å². The molecule has 1 aliphatic rings. The molecule has 102 valence electrons. The lowest BCUT2D eigenvalue weighted by atomic mass is 9.78. The summed E-state index contributed by atoms with van der Waals surface area (Å²) in [7, 11) is 0. The Bertz CT molecular complexity index is 472. The molecular weight excluding hydrogens is 310 g/mol. The Labute approximate surface area is 120 Å². The minimum Gasteiger partial charge on any atom is -0.481 e. The molecule has 4 nitrogen and oxygen atoms in total. The Hall–Kier alpha value is -1.36. The molecule has 0 aromatic heterocycles. The largest absolute Gasteiger partial charge is 0.481 e. The first-order chi connectivity index (χ1) is 9.08. The number of carboxylic acids is 1. The predicted molar refractivity (Wildman–Crippen MR) is 75.9 cm³/mol. The van der Waals surface area contributed by atoms with Crippen LogP contribution in [0, 0.1) is 11.8 Å². The van der Waals surface area contributed by atoms with Crippen LogP contribution in [0.25, 0.3) is 0 Å². The molecule has 2 atom stereocenters. The summed E-state index contributed by atoms with van der Waals surface area (Å²) in [6.45, 7) is 0. The zero-order valence-electron chi connectivity index (χ0n) is 10.4. The Kier molecular flexibility index (Phi) is 4.58. The van der Waals surface area contributed by atoms with Crippen molar-refractivity contribution in [1.82, 2.24) is 0 Å². The molecule has 5 heteroatoms.